The number of carbonyl (C=O) groups is 1. The van der Waals surface area contributed by atoms with Gasteiger partial charge in [-0.25, -0.2) is 13.6 Å². The number of amides is 2. The molecule has 2 amide bonds. The Balaban J connectivity index is 2.40. The number of nitrogens with one attached hydrogen (secondary N) is 2. The van der Waals surface area contributed by atoms with E-state index in [1.165, 1.54) is 18.2 Å². The minimum Gasteiger partial charge on any atom is -0.394 e. The summed E-state index contributed by atoms with van der Waals surface area (Å²) >= 11 is 0. The molecule has 1 aromatic rings. The number of hydrogen-bond donors (Lipinski definition) is 3. The van der Waals surface area contributed by atoms with Crippen molar-refractivity contribution in [1.29, 1.82) is 0 Å². The first-order chi connectivity index (χ1) is 9.08. The van der Waals surface area contributed by atoms with Gasteiger partial charge >= 0.3 is 6.03 Å². The molecule has 3 N–H and O–H groups in total. The number of halogens is 2. The van der Waals surface area contributed by atoms with Gasteiger partial charge in [-0.05, 0) is 25.0 Å². The standard InChI is InChI=1S/C13H18F2N2O2/c1-2-9(8-18)17-13(19)16-7-6-10-11(14)4-3-5-12(10)15/h3-5,9,18H,2,6-8H2,1H3,(H2,16,17,19). The Hall–Kier alpha value is -1.69. The SMILES string of the molecule is CCC(CO)NC(=O)NCCc1c(F)cccc1F. The molecule has 106 valence electrons. The highest BCUT2D eigenvalue weighted by molar-refractivity contribution is 5.74. The van der Waals surface area contributed by atoms with Crippen LogP contribution in [0, 0.1) is 11.6 Å². The molecule has 0 aliphatic carbocycles. The van der Waals surface area contributed by atoms with Crippen molar-refractivity contribution >= 4 is 6.03 Å². The Morgan fingerprint density at radius 2 is 2.00 bits per heavy atom. The van der Waals surface area contributed by atoms with Gasteiger partial charge in [0, 0.05) is 12.1 Å². The van der Waals surface area contributed by atoms with Crippen LogP contribution < -0.4 is 10.6 Å². The molecular formula is C13H18F2N2O2. The maximum atomic E-state index is 13.3. The third-order valence-corrected chi connectivity index (χ3v) is 2.77. The fourth-order valence-corrected chi connectivity index (χ4v) is 1.59. The van der Waals surface area contributed by atoms with Gasteiger partial charge in [0.2, 0.25) is 0 Å². The molecule has 6 heteroatoms. The van der Waals surface area contributed by atoms with E-state index in [-0.39, 0.29) is 31.2 Å². The van der Waals surface area contributed by atoms with Gasteiger partial charge in [-0.3, -0.25) is 0 Å². The van der Waals surface area contributed by atoms with E-state index in [2.05, 4.69) is 10.6 Å². The Labute approximate surface area is 110 Å². The van der Waals surface area contributed by atoms with Crippen molar-refractivity contribution in [3.05, 3.63) is 35.4 Å². The highest BCUT2D eigenvalue weighted by Crippen LogP contribution is 2.11. The van der Waals surface area contributed by atoms with Gasteiger partial charge in [0.05, 0.1) is 12.6 Å². The first-order valence-corrected chi connectivity index (χ1v) is 6.16. The molecule has 0 aromatic heterocycles. The maximum Gasteiger partial charge on any atom is 0.315 e. The third-order valence-electron chi connectivity index (χ3n) is 2.77. The fourth-order valence-electron chi connectivity index (χ4n) is 1.59. The van der Waals surface area contributed by atoms with Crippen LogP contribution in [0.15, 0.2) is 18.2 Å². The largest absolute Gasteiger partial charge is 0.394 e. The van der Waals surface area contributed by atoms with Crippen LogP contribution >= 0.6 is 0 Å². The zero-order valence-corrected chi connectivity index (χ0v) is 10.7. The first kappa shape index (κ1) is 15.4. The van der Waals surface area contributed by atoms with Gasteiger partial charge in [-0.15, -0.1) is 0 Å². The maximum absolute atomic E-state index is 13.3. The van der Waals surface area contributed by atoms with Crippen LogP contribution in [0.25, 0.3) is 0 Å². The minimum absolute atomic E-state index is 0.0444. The Bertz CT molecular complexity index is 403. The smallest absolute Gasteiger partial charge is 0.315 e. The highest BCUT2D eigenvalue weighted by Gasteiger charge is 2.10. The molecule has 0 heterocycles. The molecule has 0 saturated heterocycles. The lowest BCUT2D eigenvalue weighted by atomic mass is 10.1. The second-order valence-electron chi connectivity index (χ2n) is 4.14. The molecular weight excluding hydrogens is 254 g/mol. The van der Waals surface area contributed by atoms with Crippen LogP contribution in [0.4, 0.5) is 13.6 Å². The number of aliphatic hydroxyl groups excluding tert-OH is 1. The van der Waals surface area contributed by atoms with E-state index in [0.29, 0.717) is 6.42 Å². The molecule has 0 fully saturated rings. The summed E-state index contributed by atoms with van der Waals surface area (Å²) in [5.74, 6) is -1.24. The molecule has 1 unspecified atom stereocenters. The Morgan fingerprint density at radius 3 is 2.53 bits per heavy atom. The van der Waals surface area contributed by atoms with Crippen LogP contribution in [-0.2, 0) is 6.42 Å². The molecule has 1 atom stereocenters. The molecule has 1 aromatic carbocycles. The van der Waals surface area contributed by atoms with E-state index >= 15 is 0 Å². The molecule has 0 aliphatic heterocycles. The summed E-state index contributed by atoms with van der Waals surface area (Å²) in [6, 6.07) is 2.87. The number of aliphatic hydroxyl groups is 1. The summed E-state index contributed by atoms with van der Waals surface area (Å²) in [4.78, 5) is 11.4. The van der Waals surface area contributed by atoms with Crippen LogP contribution in [0.5, 0.6) is 0 Å². The fraction of sp³-hybridized carbons (Fsp3) is 0.462. The van der Waals surface area contributed by atoms with Gasteiger partial charge in [0.25, 0.3) is 0 Å². The van der Waals surface area contributed by atoms with Gasteiger partial charge in [-0.1, -0.05) is 13.0 Å². The second kappa shape index (κ2) is 7.68. The highest BCUT2D eigenvalue weighted by atomic mass is 19.1. The van der Waals surface area contributed by atoms with Crippen LogP contribution in [0.2, 0.25) is 0 Å². The van der Waals surface area contributed by atoms with Gasteiger partial charge in [0.15, 0.2) is 0 Å². The van der Waals surface area contributed by atoms with Crippen LogP contribution in [0.3, 0.4) is 0 Å². The molecule has 0 saturated carbocycles. The number of carbonyl (C=O) groups excluding carboxylic acids is 1. The Morgan fingerprint density at radius 1 is 1.37 bits per heavy atom. The Kier molecular flexibility index (Phi) is 6.21. The lowest BCUT2D eigenvalue weighted by Crippen LogP contribution is -2.44. The summed E-state index contributed by atoms with van der Waals surface area (Å²) in [7, 11) is 0. The summed E-state index contributed by atoms with van der Waals surface area (Å²) in [5, 5.41) is 13.9. The normalized spacial score (nSPS) is 12.0. The first-order valence-electron chi connectivity index (χ1n) is 6.16. The van der Waals surface area contributed by atoms with Crippen molar-refractivity contribution in [3.8, 4) is 0 Å². The zero-order valence-electron chi connectivity index (χ0n) is 10.7. The third kappa shape index (κ3) is 4.82. The number of hydrogen-bond acceptors (Lipinski definition) is 2. The van der Waals surface area contributed by atoms with Crippen molar-refractivity contribution in [2.75, 3.05) is 13.2 Å². The predicted octanol–water partition coefficient (Wildman–Crippen LogP) is 1.58. The second-order valence-corrected chi connectivity index (χ2v) is 4.14. The molecule has 1 rings (SSSR count). The summed E-state index contributed by atoms with van der Waals surface area (Å²) in [6.45, 7) is 1.80. The van der Waals surface area contributed by atoms with Crippen molar-refractivity contribution in [2.24, 2.45) is 0 Å². The van der Waals surface area contributed by atoms with Crippen LogP contribution in [-0.4, -0.2) is 30.3 Å². The number of benzene rings is 1. The number of urea groups is 1. The molecule has 19 heavy (non-hydrogen) atoms. The average Bonchev–Trinajstić information content (AvgIpc) is 2.39. The lowest BCUT2D eigenvalue weighted by molar-refractivity contribution is 0.214. The molecule has 4 nitrogen and oxygen atoms in total. The van der Waals surface area contributed by atoms with E-state index in [0.717, 1.165) is 0 Å². The molecule has 0 radical (unpaired) electrons. The number of rotatable bonds is 6. The summed E-state index contributed by atoms with van der Waals surface area (Å²) in [5.41, 5.74) is -0.0444. The monoisotopic (exact) mass is 272 g/mol. The van der Waals surface area contributed by atoms with Crippen molar-refractivity contribution in [1.82, 2.24) is 10.6 Å². The summed E-state index contributed by atoms with van der Waals surface area (Å²) in [6.07, 6.45) is 0.674. The predicted molar refractivity (Wildman–Crippen MR) is 67.8 cm³/mol. The van der Waals surface area contributed by atoms with Gasteiger partial charge in [0.1, 0.15) is 11.6 Å². The van der Waals surface area contributed by atoms with Crippen molar-refractivity contribution in [2.45, 2.75) is 25.8 Å². The van der Waals surface area contributed by atoms with E-state index < -0.39 is 17.7 Å². The van der Waals surface area contributed by atoms with Gasteiger partial charge < -0.3 is 15.7 Å². The van der Waals surface area contributed by atoms with Crippen molar-refractivity contribution in [3.63, 3.8) is 0 Å². The average molecular weight is 272 g/mol. The topological polar surface area (TPSA) is 61.4 Å². The van der Waals surface area contributed by atoms with Crippen molar-refractivity contribution < 1.29 is 18.7 Å². The molecule has 0 spiro atoms. The summed E-state index contributed by atoms with van der Waals surface area (Å²) < 4.78 is 26.6. The molecule has 0 aliphatic rings. The van der Waals surface area contributed by atoms with E-state index in [1.54, 1.807) is 0 Å². The van der Waals surface area contributed by atoms with E-state index in [1.807, 2.05) is 6.92 Å². The lowest BCUT2D eigenvalue weighted by Gasteiger charge is -2.14. The quantitative estimate of drug-likeness (QED) is 0.736. The minimum atomic E-state index is -0.621. The van der Waals surface area contributed by atoms with E-state index in [4.69, 9.17) is 5.11 Å². The zero-order chi connectivity index (χ0) is 14.3. The van der Waals surface area contributed by atoms with E-state index in [9.17, 15) is 13.6 Å². The van der Waals surface area contributed by atoms with Crippen LogP contribution in [0.1, 0.15) is 18.9 Å². The molecule has 0 bridgehead atoms. The van der Waals surface area contributed by atoms with Gasteiger partial charge in [-0.2, -0.15) is 0 Å².